The normalized spacial score (nSPS) is 11.2. The van der Waals surface area contributed by atoms with Crippen molar-refractivity contribution < 1.29 is 9.21 Å². The lowest BCUT2D eigenvalue weighted by molar-refractivity contribution is 0.103. The Bertz CT molecular complexity index is 1360. The number of fused-ring (bicyclic) bond motifs is 2. The fourth-order valence-corrected chi connectivity index (χ4v) is 4.58. The molecule has 7 heteroatoms. The number of benzene rings is 2. The molecule has 142 valence electrons. The molecule has 1 amide bonds. The Balaban J connectivity index is 1.44. The minimum absolute atomic E-state index is 0.224. The molecular weight excluding hydrogens is 406 g/mol. The van der Waals surface area contributed by atoms with Crippen molar-refractivity contribution in [2.24, 2.45) is 0 Å². The van der Waals surface area contributed by atoms with E-state index >= 15 is 0 Å². The van der Waals surface area contributed by atoms with Crippen molar-refractivity contribution in [3.8, 4) is 11.5 Å². The zero-order valence-electron chi connectivity index (χ0n) is 15.3. The molecule has 3 heterocycles. The lowest BCUT2D eigenvalue weighted by Gasteiger charge is -2.09. The highest BCUT2D eigenvalue weighted by atomic mass is 35.5. The topological polar surface area (TPSA) is 68.0 Å². The number of hydrogen-bond acceptors (Lipinski definition) is 5. The number of aromatic nitrogens is 2. The van der Waals surface area contributed by atoms with Crippen LogP contribution in [0.3, 0.4) is 0 Å². The first kappa shape index (κ1) is 17.8. The Morgan fingerprint density at radius 1 is 1.14 bits per heavy atom. The SMILES string of the molecule is Cc1cc(-c2nc3ncccc3o2)ccc1NC(=O)c1sc2ccccc2c1Cl. The Labute approximate surface area is 175 Å². The van der Waals surface area contributed by atoms with Crippen LogP contribution < -0.4 is 5.32 Å². The van der Waals surface area contributed by atoms with Gasteiger partial charge in [-0.1, -0.05) is 29.8 Å². The van der Waals surface area contributed by atoms with Crippen LogP contribution in [-0.2, 0) is 0 Å². The Hall–Kier alpha value is -3.22. The maximum absolute atomic E-state index is 12.8. The van der Waals surface area contributed by atoms with Gasteiger partial charge < -0.3 is 9.73 Å². The molecule has 0 bridgehead atoms. The number of aryl methyl sites for hydroxylation is 1. The molecule has 0 aliphatic rings. The molecule has 29 heavy (non-hydrogen) atoms. The minimum atomic E-state index is -0.224. The van der Waals surface area contributed by atoms with Gasteiger partial charge in [0.15, 0.2) is 11.2 Å². The standard InChI is InChI=1S/C22H14ClN3O2S/c1-12-11-13(22-26-20-16(28-22)6-4-10-24-20)8-9-15(12)25-21(27)19-18(23)14-5-2-3-7-17(14)29-19/h2-11H,1H3,(H,25,27). The van der Waals surface area contributed by atoms with Crippen LogP contribution in [0.4, 0.5) is 5.69 Å². The third-order valence-electron chi connectivity index (χ3n) is 4.63. The average Bonchev–Trinajstić information content (AvgIpc) is 3.31. The van der Waals surface area contributed by atoms with E-state index in [-0.39, 0.29) is 5.91 Å². The molecule has 0 spiro atoms. The number of rotatable bonds is 3. The molecule has 2 aromatic carbocycles. The van der Waals surface area contributed by atoms with Gasteiger partial charge in [0.1, 0.15) is 4.88 Å². The van der Waals surface area contributed by atoms with Crippen LogP contribution in [0.5, 0.6) is 0 Å². The molecule has 0 saturated heterocycles. The van der Waals surface area contributed by atoms with E-state index in [1.807, 2.05) is 55.5 Å². The van der Waals surface area contributed by atoms with E-state index in [4.69, 9.17) is 16.0 Å². The van der Waals surface area contributed by atoms with Crippen LogP contribution in [0.1, 0.15) is 15.2 Å². The molecule has 0 fully saturated rings. The summed E-state index contributed by atoms with van der Waals surface area (Å²) in [6.07, 6.45) is 1.68. The van der Waals surface area contributed by atoms with Crippen molar-refractivity contribution in [2.75, 3.05) is 5.32 Å². The smallest absolute Gasteiger partial charge is 0.267 e. The van der Waals surface area contributed by atoms with Crippen LogP contribution in [0.2, 0.25) is 5.02 Å². The lowest BCUT2D eigenvalue weighted by atomic mass is 10.1. The number of nitrogens with one attached hydrogen (secondary N) is 1. The molecule has 0 unspecified atom stereocenters. The molecule has 3 aromatic heterocycles. The highest BCUT2D eigenvalue weighted by molar-refractivity contribution is 7.21. The fourth-order valence-electron chi connectivity index (χ4n) is 3.17. The van der Waals surface area contributed by atoms with Crippen molar-refractivity contribution in [3.63, 3.8) is 0 Å². The summed E-state index contributed by atoms with van der Waals surface area (Å²) < 4.78 is 6.76. The van der Waals surface area contributed by atoms with Gasteiger partial charge in [-0.25, -0.2) is 4.98 Å². The van der Waals surface area contributed by atoms with Crippen LogP contribution in [0.25, 0.3) is 32.8 Å². The number of amides is 1. The van der Waals surface area contributed by atoms with Crippen LogP contribution in [0, 0.1) is 6.92 Å². The highest BCUT2D eigenvalue weighted by Crippen LogP contribution is 2.36. The van der Waals surface area contributed by atoms with Gasteiger partial charge in [-0.2, -0.15) is 4.98 Å². The number of thiophene rings is 1. The summed E-state index contributed by atoms with van der Waals surface area (Å²) in [6.45, 7) is 1.92. The van der Waals surface area contributed by atoms with E-state index in [2.05, 4.69) is 15.3 Å². The summed E-state index contributed by atoms with van der Waals surface area (Å²) in [5.41, 5.74) is 3.62. The second-order valence-corrected chi connectivity index (χ2v) is 8.00. The molecule has 5 nitrogen and oxygen atoms in total. The van der Waals surface area contributed by atoms with Crippen molar-refractivity contribution in [2.45, 2.75) is 6.92 Å². The number of oxazole rings is 1. The predicted molar refractivity (Wildman–Crippen MR) is 117 cm³/mol. The highest BCUT2D eigenvalue weighted by Gasteiger charge is 2.18. The summed E-state index contributed by atoms with van der Waals surface area (Å²) in [5.74, 6) is 0.269. The van der Waals surface area contributed by atoms with Gasteiger partial charge in [0.05, 0.1) is 5.02 Å². The molecule has 5 rings (SSSR count). The number of anilines is 1. The number of carbonyl (C=O) groups is 1. The van der Waals surface area contributed by atoms with Crippen LogP contribution in [0.15, 0.2) is 65.2 Å². The minimum Gasteiger partial charge on any atom is -0.434 e. The lowest BCUT2D eigenvalue weighted by Crippen LogP contribution is -2.11. The van der Waals surface area contributed by atoms with Gasteiger partial charge in [0.25, 0.3) is 5.91 Å². The maximum Gasteiger partial charge on any atom is 0.267 e. The largest absolute Gasteiger partial charge is 0.434 e. The van der Waals surface area contributed by atoms with E-state index in [1.165, 1.54) is 11.3 Å². The number of hydrogen-bond donors (Lipinski definition) is 1. The van der Waals surface area contributed by atoms with Gasteiger partial charge >= 0.3 is 0 Å². The molecule has 0 radical (unpaired) electrons. The maximum atomic E-state index is 12.8. The van der Waals surface area contributed by atoms with Crippen LogP contribution in [-0.4, -0.2) is 15.9 Å². The molecule has 0 saturated carbocycles. The summed E-state index contributed by atoms with van der Waals surface area (Å²) in [4.78, 5) is 21.9. The quantitative estimate of drug-likeness (QED) is 0.371. The molecule has 0 atom stereocenters. The van der Waals surface area contributed by atoms with Gasteiger partial charge in [0.2, 0.25) is 5.89 Å². The van der Waals surface area contributed by atoms with E-state index in [0.717, 1.165) is 21.2 Å². The number of nitrogens with zero attached hydrogens (tertiary/aromatic N) is 2. The first-order valence-corrected chi connectivity index (χ1v) is 10.1. The molecule has 5 aromatic rings. The van der Waals surface area contributed by atoms with Crippen molar-refractivity contribution in [3.05, 3.63) is 76.3 Å². The Morgan fingerprint density at radius 2 is 2.00 bits per heavy atom. The Kier molecular flexibility index (Phi) is 4.30. The molecular formula is C22H14ClN3O2S. The van der Waals surface area contributed by atoms with Crippen LogP contribution >= 0.6 is 22.9 Å². The molecule has 0 aliphatic carbocycles. The second-order valence-electron chi connectivity index (χ2n) is 6.57. The predicted octanol–water partition coefficient (Wildman–Crippen LogP) is 6.32. The van der Waals surface area contributed by atoms with Gasteiger partial charge in [0, 0.05) is 27.5 Å². The number of carbonyl (C=O) groups excluding carboxylic acids is 1. The third kappa shape index (κ3) is 3.16. The number of pyridine rings is 1. The van der Waals surface area contributed by atoms with E-state index in [0.29, 0.717) is 32.7 Å². The monoisotopic (exact) mass is 419 g/mol. The van der Waals surface area contributed by atoms with Crippen molar-refractivity contribution >= 4 is 55.8 Å². The van der Waals surface area contributed by atoms with Gasteiger partial charge in [-0.05, 0) is 48.9 Å². The summed E-state index contributed by atoms with van der Waals surface area (Å²) >= 11 is 7.81. The van der Waals surface area contributed by atoms with E-state index in [9.17, 15) is 4.79 Å². The summed E-state index contributed by atoms with van der Waals surface area (Å²) in [5, 5.41) is 4.33. The summed E-state index contributed by atoms with van der Waals surface area (Å²) in [6, 6.07) is 17.0. The first-order chi connectivity index (χ1) is 14.1. The van der Waals surface area contributed by atoms with E-state index in [1.54, 1.807) is 12.3 Å². The van der Waals surface area contributed by atoms with Crippen molar-refractivity contribution in [1.82, 2.24) is 9.97 Å². The van der Waals surface area contributed by atoms with Crippen molar-refractivity contribution in [1.29, 1.82) is 0 Å². The second kappa shape index (κ2) is 6.99. The third-order valence-corrected chi connectivity index (χ3v) is 6.30. The van der Waals surface area contributed by atoms with Gasteiger partial charge in [-0.3, -0.25) is 4.79 Å². The molecule has 1 N–H and O–H groups in total. The zero-order valence-corrected chi connectivity index (χ0v) is 16.8. The fraction of sp³-hybridized carbons (Fsp3) is 0.0455. The summed E-state index contributed by atoms with van der Waals surface area (Å²) in [7, 11) is 0. The van der Waals surface area contributed by atoms with Gasteiger partial charge in [-0.15, -0.1) is 11.3 Å². The van der Waals surface area contributed by atoms with E-state index < -0.39 is 0 Å². The molecule has 0 aliphatic heterocycles. The first-order valence-electron chi connectivity index (χ1n) is 8.91. The number of halogens is 1. The Morgan fingerprint density at radius 3 is 2.79 bits per heavy atom. The zero-order chi connectivity index (χ0) is 20.0. The average molecular weight is 420 g/mol.